The smallest absolute Gasteiger partial charge is 0.312 e. The van der Waals surface area contributed by atoms with E-state index in [1.165, 1.54) is 12.8 Å². The van der Waals surface area contributed by atoms with Crippen molar-refractivity contribution in [3.63, 3.8) is 0 Å². The molecule has 2 saturated heterocycles. The lowest BCUT2D eigenvalue weighted by Crippen LogP contribution is -2.53. The molecule has 3 rings (SSSR count). The fourth-order valence-corrected chi connectivity index (χ4v) is 4.40. The first-order valence-electron chi connectivity index (χ1n) is 8.64. The van der Waals surface area contributed by atoms with Crippen LogP contribution in [-0.4, -0.2) is 59.9 Å². The van der Waals surface area contributed by atoms with Crippen molar-refractivity contribution in [2.45, 2.75) is 51.0 Å². The van der Waals surface area contributed by atoms with Gasteiger partial charge >= 0.3 is 6.03 Å². The van der Waals surface area contributed by atoms with Crippen LogP contribution in [0, 0.1) is 5.41 Å². The summed E-state index contributed by atoms with van der Waals surface area (Å²) >= 11 is 0. The van der Waals surface area contributed by atoms with Gasteiger partial charge in [0.2, 0.25) is 11.8 Å². The summed E-state index contributed by atoms with van der Waals surface area (Å²) in [5, 5.41) is 2.33. The number of piperidine rings is 1. The van der Waals surface area contributed by atoms with Crippen molar-refractivity contribution >= 4 is 17.8 Å². The summed E-state index contributed by atoms with van der Waals surface area (Å²) in [6, 6.07) is -0.297. The molecule has 7 heteroatoms. The van der Waals surface area contributed by atoms with Gasteiger partial charge in [-0.25, -0.2) is 4.79 Å². The number of nitrogens with one attached hydrogen (secondary N) is 1. The van der Waals surface area contributed by atoms with Crippen LogP contribution < -0.4 is 11.1 Å². The molecule has 2 heterocycles. The van der Waals surface area contributed by atoms with E-state index < -0.39 is 11.4 Å². The van der Waals surface area contributed by atoms with Crippen molar-refractivity contribution < 1.29 is 14.4 Å². The molecule has 1 unspecified atom stereocenters. The molecule has 2 aliphatic heterocycles. The maximum Gasteiger partial charge on any atom is 0.312 e. The van der Waals surface area contributed by atoms with Crippen LogP contribution in [0.2, 0.25) is 0 Å². The maximum atomic E-state index is 13.1. The van der Waals surface area contributed by atoms with E-state index in [4.69, 9.17) is 5.73 Å². The molecule has 0 aromatic heterocycles. The van der Waals surface area contributed by atoms with Gasteiger partial charge in [0.1, 0.15) is 0 Å². The van der Waals surface area contributed by atoms with Crippen LogP contribution in [0.25, 0.3) is 0 Å². The second kappa shape index (κ2) is 6.37. The predicted molar refractivity (Wildman–Crippen MR) is 84.4 cm³/mol. The van der Waals surface area contributed by atoms with Gasteiger partial charge in [0.25, 0.3) is 0 Å². The Labute approximate surface area is 136 Å². The summed E-state index contributed by atoms with van der Waals surface area (Å²) in [6.07, 6.45) is 7.28. The van der Waals surface area contributed by atoms with Crippen LogP contribution in [0.1, 0.15) is 44.9 Å². The minimum absolute atomic E-state index is 0.0913. The third-order valence-electron chi connectivity index (χ3n) is 5.65. The molecule has 7 nitrogen and oxygen atoms in total. The van der Waals surface area contributed by atoms with Crippen LogP contribution in [0.3, 0.4) is 0 Å². The second-order valence-electron chi connectivity index (χ2n) is 7.10. The fraction of sp³-hybridized carbons (Fsp3) is 0.812. The number of carbonyl (C=O) groups is 3. The van der Waals surface area contributed by atoms with Gasteiger partial charge < -0.3 is 20.9 Å². The average molecular weight is 322 g/mol. The van der Waals surface area contributed by atoms with Gasteiger partial charge in [-0.15, -0.1) is 0 Å². The molecular weight excluding hydrogens is 296 g/mol. The van der Waals surface area contributed by atoms with Crippen molar-refractivity contribution in [3.8, 4) is 0 Å². The molecule has 1 saturated carbocycles. The second-order valence-corrected chi connectivity index (χ2v) is 7.10. The van der Waals surface area contributed by atoms with Gasteiger partial charge in [-0.05, 0) is 32.1 Å². The molecule has 3 N–H and O–H groups in total. The molecule has 0 radical (unpaired) electrons. The number of primary amides is 1. The zero-order chi connectivity index (χ0) is 16.4. The highest BCUT2D eigenvalue weighted by Gasteiger charge is 2.50. The standard InChI is InChI=1S/C16H26N4O3/c17-15(23)18-10-13(21)19-9-7-16(11-19)6-3-8-20(14(16)22)12-4-1-2-5-12/h12H,1-11H2,(H3,17,18,23). The number of rotatable bonds is 3. The molecule has 1 spiro atoms. The van der Waals surface area contributed by atoms with Crippen LogP contribution in [0.15, 0.2) is 0 Å². The molecule has 128 valence electrons. The lowest BCUT2D eigenvalue weighted by Gasteiger charge is -2.42. The van der Waals surface area contributed by atoms with Crippen molar-refractivity contribution in [2.75, 3.05) is 26.2 Å². The van der Waals surface area contributed by atoms with Gasteiger partial charge in [-0.3, -0.25) is 9.59 Å². The van der Waals surface area contributed by atoms with Crippen LogP contribution >= 0.6 is 0 Å². The number of nitrogens with zero attached hydrogens (tertiary/aromatic N) is 2. The predicted octanol–water partition coefficient (Wildman–Crippen LogP) is 0.438. The average Bonchev–Trinajstić information content (AvgIpc) is 3.18. The van der Waals surface area contributed by atoms with Crippen LogP contribution in [0.4, 0.5) is 4.79 Å². The molecule has 1 atom stereocenters. The van der Waals surface area contributed by atoms with E-state index in [0.717, 1.165) is 38.6 Å². The van der Waals surface area contributed by atoms with E-state index in [-0.39, 0.29) is 18.4 Å². The summed E-state index contributed by atoms with van der Waals surface area (Å²) in [7, 11) is 0. The summed E-state index contributed by atoms with van der Waals surface area (Å²) in [5.41, 5.74) is 4.60. The molecule has 3 aliphatic rings. The fourth-order valence-electron chi connectivity index (χ4n) is 4.40. The minimum Gasteiger partial charge on any atom is -0.352 e. The van der Waals surface area contributed by atoms with Crippen molar-refractivity contribution in [1.29, 1.82) is 0 Å². The Morgan fingerprint density at radius 3 is 2.61 bits per heavy atom. The lowest BCUT2D eigenvalue weighted by molar-refractivity contribution is -0.148. The first kappa shape index (κ1) is 16.1. The zero-order valence-electron chi connectivity index (χ0n) is 13.6. The largest absolute Gasteiger partial charge is 0.352 e. The van der Waals surface area contributed by atoms with E-state index in [1.54, 1.807) is 4.90 Å². The van der Waals surface area contributed by atoms with Crippen molar-refractivity contribution in [1.82, 2.24) is 15.1 Å². The number of urea groups is 1. The zero-order valence-corrected chi connectivity index (χ0v) is 13.6. The number of carbonyl (C=O) groups excluding carboxylic acids is 3. The van der Waals surface area contributed by atoms with Gasteiger partial charge in [0.15, 0.2) is 0 Å². The molecule has 23 heavy (non-hydrogen) atoms. The van der Waals surface area contributed by atoms with E-state index in [0.29, 0.717) is 19.1 Å². The minimum atomic E-state index is -0.701. The molecule has 0 aromatic rings. The Balaban J connectivity index is 1.64. The maximum absolute atomic E-state index is 13.1. The Hall–Kier alpha value is -1.79. The SMILES string of the molecule is NC(=O)NCC(=O)N1CCC2(CCCN(C3CCCC3)C2=O)C1. The summed E-state index contributed by atoms with van der Waals surface area (Å²) in [4.78, 5) is 39.7. The van der Waals surface area contributed by atoms with Crippen molar-refractivity contribution in [3.05, 3.63) is 0 Å². The van der Waals surface area contributed by atoms with E-state index in [1.807, 2.05) is 0 Å². The molecule has 4 amide bonds. The molecule has 0 aromatic carbocycles. The number of hydrogen-bond acceptors (Lipinski definition) is 3. The quantitative estimate of drug-likeness (QED) is 0.789. The van der Waals surface area contributed by atoms with E-state index in [9.17, 15) is 14.4 Å². The third-order valence-corrected chi connectivity index (χ3v) is 5.65. The monoisotopic (exact) mass is 322 g/mol. The Bertz CT molecular complexity index is 504. The molecular formula is C16H26N4O3. The lowest BCUT2D eigenvalue weighted by atomic mass is 9.77. The Morgan fingerprint density at radius 1 is 1.17 bits per heavy atom. The first-order chi connectivity index (χ1) is 11.0. The summed E-state index contributed by atoms with van der Waals surface area (Å²) in [5.74, 6) is 0.0836. The highest BCUT2D eigenvalue weighted by Crippen LogP contribution is 2.42. The topological polar surface area (TPSA) is 95.7 Å². The third kappa shape index (κ3) is 3.14. The normalized spacial score (nSPS) is 28.6. The van der Waals surface area contributed by atoms with Crippen molar-refractivity contribution in [2.24, 2.45) is 11.1 Å². The molecule has 0 bridgehead atoms. The molecule has 3 fully saturated rings. The molecule has 1 aliphatic carbocycles. The van der Waals surface area contributed by atoms with Gasteiger partial charge in [0.05, 0.1) is 12.0 Å². The van der Waals surface area contributed by atoms with Crippen LogP contribution in [-0.2, 0) is 9.59 Å². The van der Waals surface area contributed by atoms with Crippen LogP contribution in [0.5, 0.6) is 0 Å². The van der Waals surface area contributed by atoms with E-state index in [2.05, 4.69) is 10.2 Å². The van der Waals surface area contributed by atoms with Gasteiger partial charge in [0, 0.05) is 25.7 Å². The first-order valence-corrected chi connectivity index (χ1v) is 8.64. The Kier molecular flexibility index (Phi) is 4.46. The highest BCUT2D eigenvalue weighted by molar-refractivity contribution is 5.87. The summed E-state index contributed by atoms with van der Waals surface area (Å²) < 4.78 is 0. The Morgan fingerprint density at radius 2 is 1.91 bits per heavy atom. The number of amides is 4. The number of hydrogen-bond donors (Lipinski definition) is 2. The highest BCUT2D eigenvalue weighted by atomic mass is 16.2. The number of nitrogens with two attached hydrogens (primary N) is 1. The van der Waals surface area contributed by atoms with E-state index >= 15 is 0 Å². The summed E-state index contributed by atoms with van der Waals surface area (Å²) in [6.45, 7) is 1.84. The number of likely N-dealkylation sites (tertiary alicyclic amines) is 2. The van der Waals surface area contributed by atoms with Gasteiger partial charge in [-0.1, -0.05) is 12.8 Å². The van der Waals surface area contributed by atoms with Gasteiger partial charge in [-0.2, -0.15) is 0 Å².